The van der Waals surface area contributed by atoms with Gasteiger partial charge in [-0.1, -0.05) is 12.2 Å². The second-order valence-electron chi connectivity index (χ2n) is 6.20. The molecule has 0 aromatic carbocycles. The van der Waals surface area contributed by atoms with E-state index in [2.05, 4.69) is 34.6 Å². The fourth-order valence-corrected chi connectivity index (χ4v) is 3.45. The first-order chi connectivity index (χ1) is 8.88. The molecule has 0 saturated heterocycles. The summed E-state index contributed by atoms with van der Waals surface area (Å²) in [5.41, 5.74) is 2.52. The molecule has 0 radical (unpaired) electrons. The molecule has 1 heterocycles. The van der Waals surface area contributed by atoms with Crippen LogP contribution in [0.4, 0.5) is 0 Å². The van der Waals surface area contributed by atoms with Crippen molar-refractivity contribution in [3.63, 3.8) is 0 Å². The molecule has 106 valence electrons. The summed E-state index contributed by atoms with van der Waals surface area (Å²) in [5.74, 6) is 0.791. The molecule has 2 rings (SSSR count). The average Bonchev–Trinajstić information content (AvgIpc) is 3.02. The summed E-state index contributed by atoms with van der Waals surface area (Å²) >= 11 is 0.681. The maximum Gasteiger partial charge on any atom is 0.136 e. The molecule has 0 unspecified atom stereocenters. The Kier molecular flexibility index (Phi) is 4.77. The minimum Gasteiger partial charge on any atom is -0.598 e. The van der Waals surface area contributed by atoms with E-state index in [0.29, 0.717) is 0 Å². The number of rotatable bonds is 5. The SMILES string of the molecule is C[C@H](N[S@+]([O-])C(C)(C)C)c1cscc1/C=C/C1CC1. The topological polar surface area (TPSA) is 35.1 Å². The molecule has 0 bridgehead atoms. The summed E-state index contributed by atoms with van der Waals surface area (Å²) in [4.78, 5) is 0. The normalized spacial score (nSPS) is 19.8. The molecule has 1 aromatic heterocycles. The molecule has 2 nitrogen and oxygen atoms in total. The minimum absolute atomic E-state index is 0.116. The summed E-state index contributed by atoms with van der Waals surface area (Å²) < 4.78 is 15.1. The van der Waals surface area contributed by atoms with Gasteiger partial charge in [-0.3, -0.25) is 0 Å². The Labute approximate surface area is 123 Å². The van der Waals surface area contributed by atoms with Gasteiger partial charge in [0.1, 0.15) is 4.75 Å². The molecule has 19 heavy (non-hydrogen) atoms. The van der Waals surface area contributed by atoms with Crippen LogP contribution in [0.15, 0.2) is 16.8 Å². The van der Waals surface area contributed by atoms with E-state index in [1.165, 1.54) is 24.0 Å². The monoisotopic (exact) mass is 297 g/mol. The Bertz CT molecular complexity index is 443. The van der Waals surface area contributed by atoms with Gasteiger partial charge in [-0.05, 0) is 68.3 Å². The highest BCUT2D eigenvalue weighted by Crippen LogP contribution is 2.32. The Morgan fingerprint density at radius 2 is 2.11 bits per heavy atom. The lowest BCUT2D eigenvalue weighted by Crippen LogP contribution is -2.40. The number of nitrogens with one attached hydrogen (secondary N) is 1. The van der Waals surface area contributed by atoms with Crippen LogP contribution in [0.25, 0.3) is 6.08 Å². The molecule has 0 spiro atoms. The molecule has 0 amide bonds. The van der Waals surface area contributed by atoms with Crippen molar-refractivity contribution < 1.29 is 4.55 Å². The number of hydrogen-bond acceptors (Lipinski definition) is 3. The van der Waals surface area contributed by atoms with Crippen molar-refractivity contribution in [2.45, 2.75) is 51.3 Å². The average molecular weight is 297 g/mol. The van der Waals surface area contributed by atoms with Crippen LogP contribution in [-0.4, -0.2) is 9.30 Å². The zero-order chi connectivity index (χ0) is 14.0. The van der Waals surface area contributed by atoms with Crippen LogP contribution < -0.4 is 4.72 Å². The summed E-state index contributed by atoms with van der Waals surface area (Å²) in [5, 5.41) is 4.33. The largest absolute Gasteiger partial charge is 0.598 e. The fraction of sp³-hybridized carbons (Fsp3) is 0.600. The van der Waals surface area contributed by atoms with Crippen LogP contribution in [0.3, 0.4) is 0 Å². The predicted octanol–water partition coefficient (Wildman–Crippen LogP) is 4.28. The van der Waals surface area contributed by atoms with E-state index in [4.69, 9.17) is 0 Å². The van der Waals surface area contributed by atoms with Crippen molar-refractivity contribution >= 4 is 28.8 Å². The minimum atomic E-state index is -1.03. The van der Waals surface area contributed by atoms with E-state index in [9.17, 15) is 4.55 Å². The summed E-state index contributed by atoms with van der Waals surface area (Å²) in [7, 11) is 0. The van der Waals surface area contributed by atoms with Crippen molar-refractivity contribution in [1.82, 2.24) is 4.72 Å². The number of hydrogen-bond donors (Lipinski definition) is 1. The molecule has 1 fully saturated rings. The van der Waals surface area contributed by atoms with E-state index in [1.54, 1.807) is 11.3 Å². The van der Waals surface area contributed by atoms with E-state index < -0.39 is 11.4 Å². The van der Waals surface area contributed by atoms with Gasteiger partial charge in [0.05, 0.1) is 6.04 Å². The van der Waals surface area contributed by atoms with Gasteiger partial charge in [-0.2, -0.15) is 11.3 Å². The second-order valence-corrected chi connectivity index (χ2v) is 8.94. The third-order valence-corrected chi connectivity index (χ3v) is 5.66. The van der Waals surface area contributed by atoms with E-state index in [0.717, 1.165) is 5.92 Å². The standard InChI is InChI=1S/C15H23NOS2/c1-11(16-19(17)15(2,3)4)14-10-18-9-13(14)8-7-12-5-6-12/h7-12,16H,5-6H2,1-4H3/b8-7+/t11-,19+/m0/s1. The van der Waals surface area contributed by atoms with E-state index >= 15 is 0 Å². The molecular formula is C15H23NOS2. The maximum absolute atomic E-state index is 12.1. The quantitative estimate of drug-likeness (QED) is 0.823. The van der Waals surface area contributed by atoms with Gasteiger partial charge in [-0.25, -0.2) is 0 Å². The van der Waals surface area contributed by atoms with Gasteiger partial charge >= 0.3 is 0 Å². The predicted molar refractivity (Wildman–Crippen MR) is 85.5 cm³/mol. The van der Waals surface area contributed by atoms with Crippen LogP contribution in [0.1, 0.15) is 57.7 Å². The Morgan fingerprint density at radius 3 is 2.68 bits per heavy atom. The van der Waals surface area contributed by atoms with Gasteiger partial charge < -0.3 is 4.55 Å². The molecule has 1 aliphatic rings. The third-order valence-electron chi connectivity index (χ3n) is 3.20. The van der Waals surface area contributed by atoms with Crippen molar-refractivity contribution in [2.75, 3.05) is 0 Å². The van der Waals surface area contributed by atoms with Gasteiger partial charge in [0.15, 0.2) is 0 Å². The first kappa shape index (κ1) is 15.1. The van der Waals surface area contributed by atoms with Crippen LogP contribution in [0.2, 0.25) is 0 Å². The third kappa shape index (κ3) is 4.35. The molecule has 1 N–H and O–H groups in total. The van der Waals surface area contributed by atoms with E-state index in [-0.39, 0.29) is 10.8 Å². The fourth-order valence-electron chi connectivity index (χ4n) is 1.73. The molecule has 0 aliphatic heterocycles. The van der Waals surface area contributed by atoms with Crippen molar-refractivity contribution in [3.05, 3.63) is 28.0 Å². The summed E-state index contributed by atoms with van der Waals surface area (Å²) in [6.07, 6.45) is 7.19. The molecule has 1 aromatic rings. The Hall–Kier alpha value is -0.290. The molecule has 2 atom stereocenters. The van der Waals surface area contributed by atoms with Crippen LogP contribution in [0, 0.1) is 5.92 Å². The lowest BCUT2D eigenvalue weighted by molar-refractivity contribution is 0.531. The highest BCUT2D eigenvalue weighted by atomic mass is 32.2. The molecule has 4 heteroatoms. The van der Waals surface area contributed by atoms with Crippen molar-refractivity contribution in [1.29, 1.82) is 0 Å². The van der Waals surface area contributed by atoms with Crippen LogP contribution in [0.5, 0.6) is 0 Å². The number of thiophene rings is 1. The van der Waals surface area contributed by atoms with Crippen LogP contribution >= 0.6 is 11.3 Å². The zero-order valence-corrected chi connectivity index (χ0v) is 13.7. The zero-order valence-electron chi connectivity index (χ0n) is 12.1. The lowest BCUT2D eigenvalue weighted by atomic mass is 10.1. The molecule has 1 aliphatic carbocycles. The second kappa shape index (κ2) is 6.00. The van der Waals surface area contributed by atoms with Crippen LogP contribution in [-0.2, 0) is 11.4 Å². The van der Waals surface area contributed by atoms with Crippen molar-refractivity contribution in [2.24, 2.45) is 5.92 Å². The first-order valence-corrected chi connectivity index (χ1v) is 8.89. The van der Waals surface area contributed by atoms with Gasteiger partial charge in [0, 0.05) is 11.4 Å². The summed E-state index contributed by atoms with van der Waals surface area (Å²) in [6, 6.07) is 0.116. The molecular weight excluding hydrogens is 274 g/mol. The maximum atomic E-state index is 12.1. The first-order valence-electron chi connectivity index (χ1n) is 6.80. The summed E-state index contributed by atoms with van der Waals surface area (Å²) in [6.45, 7) is 8.05. The number of allylic oxidation sites excluding steroid dienone is 1. The smallest absolute Gasteiger partial charge is 0.136 e. The Morgan fingerprint density at radius 1 is 1.42 bits per heavy atom. The van der Waals surface area contributed by atoms with Crippen molar-refractivity contribution in [3.8, 4) is 0 Å². The highest BCUT2D eigenvalue weighted by molar-refractivity contribution is 7.90. The van der Waals surface area contributed by atoms with Gasteiger partial charge in [0.25, 0.3) is 0 Å². The lowest BCUT2D eigenvalue weighted by Gasteiger charge is -2.26. The van der Waals surface area contributed by atoms with Gasteiger partial charge in [-0.15, -0.1) is 4.72 Å². The highest BCUT2D eigenvalue weighted by Gasteiger charge is 2.29. The van der Waals surface area contributed by atoms with E-state index in [1.807, 2.05) is 20.8 Å². The Balaban J connectivity index is 2.02. The molecule has 1 saturated carbocycles. The van der Waals surface area contributed by atoms with Gasteiger partial charge in [0.2, 0.25) is 0 Å².